The van der Waals surface area contributed by atoms with Crippen molar-refractivity contribution in [1.29, 1.82) is 0 Å². The maximum absolute atomic E-state index is 11.3. The topological polar surface area (TPSA) is 45.9 Å². The molecule has 0 spiro atoms. The van der Waals surface area contributed by atoms with Gasteiger partial charge in [0.2, 0.25) is 0 Å². The van der Waals surface area contributed by atoms with Gasteiger partial charge in [-0.1, -0.05) is 23.2 Å². The van der Waals surface area contributed by atoms with Crippen molar-refractivity contribution in [2.45, 2.75) is 6.42 Å². The standard InChI is InChI=1S/C22H22Cl2N2O3/c23-19-6-4-17(14-20(19)24)26-11-9-25(10-12-26)8-1-13-28-18-5-2-16-3-7-22(27)29-21(16)15-18/h2-7,14-15H,1,8-13H2. The number of ether oxygens (including phenoxy) is 1. The quantitative estimate of drug-likeness (QED) is 0.417. The van der Waals surface area contributed by atoms with E-state index in [2.05, 4.69) is 9.80 Å². The predicted octanol–water partition coefficient (Wildman–Crippen LogP) is 4.69. The molecule has 1 aliphatic heterocycles. The minimum Gasteiger partial charge on any atom is -0.493 e. The van der Waals surface area contributed by atoms with E-state index in [9.17, 15) is 4.79 Å². The van der Waals surface area contributed by atoms with Gasteiger partial charge in [-0.25, -0.2) is 4.79 Å². The molecular formula is C22H22Cl2N2O3. The van der Waals surface area contributed by atoms with Crippen LogP contribution < -0.4 is 15.3 Å². The van der Waals surface area contributed by atoms with Crippen molar-refractivity contribution in [3.63, 3.8) is 0 Å². The lowest BCUT2D eigenvalue weighted by Gasteiger charge is -2.36. The van der Waals surface area contributed by atoms with Crippen molar-refractivity contribution >= 4 is 39.9 Å². The molecule has 0 unspecified atom stereocenters. The fourth-order valence-electron chi connectivity index (χ4n) is 3.52. The molecule has 29 heavy (non-hydrogen) atoms. The van der Waals surface area contributed by atoms with Gasteiger partial charge in [0, 0.05) is 55.9 Å². The van der Waals surface area contributed by atoms with Crippen LogP contribution in [0, 0.1) is 0 Å². The molecule has 0 saturated carbocycles. The second-order valence-electron chi connectivity index (χ2n) is 7.08. The zero-order valence-electron chi connectivity index (χ0n) is 15.9. The van der Waals surface area contributed by atoms with Crippen LogP contribution in [0.25, 0.3) is 11.0 Å². The van der Waals surface area contributed by atoms with Gasteiger partial charge in [0.25, 0.3) is 0 Å². The average molecular weight is 433 g/mol. The first-order valence-electron chi connectivity index (χ1n) is 9.67. The molecule has 0 bridgehead atoms. The number of rotatable bonds is 6. The average Bonchev–Trinajstić information content (AvgIpc) is 2.73. The summed E-state index contributed by atoms with van der Waals surface area (Å²) in [5, 5.41) is 2.07. The normalized spacial score (nSPS) is 15.0. The third-order valence-corrected chi connectivity index (χ3v) is 5.86. The van der Waals surface area contributed by atoms with Gasteiger partial charge in [-0.15, -0.1) is 0 Å². The maximum Gasteiger partial charge on any atom is 0.336 e. The van der Waals surface area contributed by atoms with E-state index in [1.807, 2.05) is 30.3 Å². The molecule has 0 radical (unpaired) electrons. The molecule has 2 heterocycles. The van der Waals surface area contributed by atoms with Gasteiger partial charge >= 0.3 is 5.63 Å². The molecule has 3 aromatic rings. The Kier molecular flexibility index (Phi) is 6.28. The second-order valence-corrected chi connectivity index (χ2v) is 7.90. The highest BCUT2D eigenvalue weighted by atomic mass is 35.5. The lowest BCUT2D eigenvalue weighted by molar-refractivity contribution is 0.225. The monoisotopic (exact) mass is 432 g/mol. The molecule has 4 rings (SSSR count). The molecule has 0 aliphatic carbocycles. The second kappa shape index (κ2) is 9.08. The van der Waals surface area contributed by atoms with Crippen molar-refractivity contribution in [1.82, 2.24) is 4.90 Å². The van der Waals surface area contributed by atoms with E-state index in [1.165, 1.54) is 6.07 Å². The molecule has 7 heteroatoms. The third kappa shape index (κ3) is 5.04. The van der Waals surface area contributed by atoms with Crippen molar-refractivity contribution in [2.75, 3.05) is 44.2 Å². The van der Waals surface area contributed by atoms with Gasteiger partial charge in [-0.3, -0.25) is 4.90 Å². The van der Waals surface area contributed by atoms with Gasteiger partial charge in [-0.05, 0) is 42.8 Å². The van der Waals surface area contributed by atoms with E-state index in [4.69, 9.17) is 32.4 Å². The Hall–Kier alpha value is -2.21. The van der Waals surface area contributed by atoms with Gasteiger partial charge in [-0.2, -0.15) is 0 Å². The largest absolute Gasteiger partial charge is 0.493 e. The van der Waals surface area contributed by atoms with Crippen LogP contribution in [-0.2, 0) is 0 Å². The van der Waals surface area contributed by atoms with Crippen LogP contribution in [-0.4, -0.2) is 44.2 Å². The first-order chi connectivity index (χ1) is 14.1. The van der Waals surface area contributed by atoms with Crippen LogP contribution in [0.4, 0.5) is 5.69 Å². The highest BCUT2D eigenvalue weighted by Crippen LogP contribution is 2.27. The van der Waals surface area contributed by atoms with E-state index in [-0.39, 0.29) is 5.63 Å². The van der Waals surface area contributed by atoms with Crippen LogP contribution in [0.2, 0.25) is 10.0 Å². The summed E-state index contributed by atoms with van der Waals surface area (Å²) in [6.45, 7) is 5.53. The number of halogens is 2. The summed E-state index contributed by atoms with van der Waals surface area (Å²) in [6.07, 6.45) is 0.934. The lowest BCUT2D eigenvalue weighted by atomic mass is 10.2. The minimum absolute atomic E-state index is 0.352. The van der Waals surface area contributed by atoms with Gasteiger partial charge < -0.3 is 14.1 Å². The van der Waals surface area contributed by atoms with E-state index in [1.54, 1.807) is 12.1 Å². The Morgan fingerprint density at radius 1 is 0.931 bits per heavy atom. The zero-order chi connectivity index (χ0) is 20.2. The van der Waals surface area contributed by atoms with Crippen LogP contribution in [0.3, 0.4) is 0 Å². The van der Waals surface area contributed by atoms with Crippen LogP contribution >= 0.6 is 23.2 Å². The molecule has 0 atom stereocenters. The van der Waals surface area contributed by atoms with E-state index in [0.717, 1.165) is 56.0 Å². The number of hydrogen-bond donors (Lipinski definition) is 0. The fourth-order valence-corrected chi connectivity index (χ4v) is 3.81. The van der Waals surface area contributed by atoms with Crippen LogP contribution in [0.15, 0.2) is 57.7 Å². The third-order valence-electron chi connectivity index (χ3n) is 5.12. The lowest BCUT2D eigenvalue weighted by Crippen LogP contribution is -2.46. The first-order valence-corrected chi connectivity index (χ1v) is 10.4. The molecule has 1 saturated heterocycles. The SMILES string of the molecule is O=c1ccc2ccc(OCCCN3CCN(c4ccc(Cl)c(Cl)c4)CC3)cc2o1. The van der Waals surface area contributed by atoms with Crippen LogP contribution in [0.5, 0.6) is 5.75 Å². The number of benzene rings is 2. The Bertz CT molecular complexity index is 1050. The predicted molar refractivity (Wildman–Crippen MR) is 118 cm³/mol. The van der Waals surface area contributed by atoms with Gasteiger partial charge in [0.05, 0.1) is 16.7 Å². The number of nitrogens with zero attached hydrogens (tertiary/aromatic N) is 2. The first kappa shape index (κ1) is 20.1. The molecule has 0 amide bonds. The Morgan fingerprint density at radius 3 is 2.52 bits per heavy atom. The molecule has 1 aromatic heterocycles. The molecule has 2 aromatic carbocycles. The van der Waals surface area contributed by atoms with E-state index >= 15 is 0 Å². The summed E-state index contributed by atoms with van der Waals surface area (Å²) in [5.74, 6) is 0.719. The summed E-state index contributed by atoms with van der Waals surface area (Å²) in [6, 6.07) is 14.5. The number of fused-ring (bicyclic) bond motifs is 1. The molecule has 5 nitrogen and oxygen atoms in total. The molecular weight excluding hydrogens is 411 g/mol. The number of anilines is 1. The van der Waals surface area contributed by atoms with Crippen molar-refractivity contribution in [3.8, 4) is 5.75 Å². The van der Waals surface area contributed by atoms with Crippen molar-refractivity contribution in [2.24, 2.45) is 0 Å². The van der Waals surface area contributed by atoms with Crippen molar-refractivity contribution in [3.05, 3.63) is 69.0 Å². The van der Waals surface area contributed by atoms with Crippen molar-refractivity contribution < 1.29 is 9.15 Å². The van der Waals surface area contributed by atoms with Gasteiger partial charge in [0.15, 0.2) is 0 Å². The molecule has 0 N–H and O–H groups in total. The number of piperazine rings is 1. The summed E-state index contributed by atoms with van der Waals surface area (Å²) < 4.78 is 11.0. The smallest absolute Gasteiger partial charge is 0.336 e. The zero-order valence-corrected chi connectivity index (χ0v) is 17.5. The molecule has 1 fully saturated rings. The Labute approximate surface area is 179 Å². The molecule has 152 valence electrons. The number of hydrogen-bond acceptors (Lipinski definition) is 5. The van der Waals surface area contributed by atoms with E-state index in [0.29, 0.717) is 22.2 Å². The van der Waals surface area contributed by atoms with Gasteiger partial charge in [0.1, 0.15) is 11.3 Å². The minimum atomic E-state index is -0.352. The summed E-state index contributed by atoms with van der Waals surface area (Å²) in [7, 11) is 0. The maximum atomic E-state index is 11.3. The Morgan fingerprint density at radius 2 is 1.72 bits per heavy atom. The molecule has 1 aliphatic rings. The highest BCUT2D eigenvalue weighted by molar-refractivity contribution is 6.42. The highest BCUT2D eigenvalue weighted by Gasteiger charge is 2.17. The van der Waals surface area contributed by atoms with Crippen LogP contribution in [0.1, 0.15) is 6.42 Å². The van der Waals surface area contributed by atoms with E-state index < -0.39 is 0 Å². The summed E-state index contributed by atoms with van der Waals surface area (Å²) >= 11 is 12.1. The summed E-state index contributed by atoms with van der Waals surface area (Å²) in [4.78, 5) is 16.1. The summed E-state index contributed by atoms with van der Waals surface area (Å²) in [5.41, 5.74) is 1.31. The fraction of sp³-hybridized carbons (Fsp3) is 0.318. The Balaban J connectivity index is 1.22.